The topological polar surface area (TPSA) is 57.4 Å². The number of nitrogens with two attached hydrogens (primary N) is 1. The number of nitrogens with zero attached hydrogens (tertiary/aromatic N) is 3. The summed E-state index contributed by atoms with van der Waals surface area (Å²) >= 11 is 0. The molecule has 2 atom stereocenters. The van der Waals surface area contributed by atoms with E-state index in [2.05, 4.69) is 40.4 Å². The van der Waals surface area contributed by atoms with Gasteiger partial charge in [0.15, 0.2) is 0 Å². The highest BCUT2D eigenvalue weighted by atomic mass is 15.3. The van der Waals surface area contributed by atoms with Crippen LogP contribution in [-0.4, -0.2) is 54.6 Å². The Morgan fingerprint density at radius 3 is 2.84 bits per heavy atom. The van der Waals surface area contributed by atoms with E-state index in [1.165, 1.54) is 0 Å². The smallest absolute Gasteiger partial charge is 0.0490 e. The molecule has 0 aromatic carbocycles. The second-order valence-corrected chi connectivity index (χ2v) is 5.58. The minimum atomic E-state index is 0.159. The van der Waals surface area contributed by atoms with Crippen molar-refractivity contribution in [1.82, 2.24) is 20.2 Å². The average molecular weight is 263 g/mol. The fraction of sp³-hybridized carbons (Fsp3) is 0.643. The molecular weight excluding hydrogens is 238 g/mol. The van der Waals surface area contributed by atoms with Gasteiger partial charge in [-0.2, -0.15) is 0 Å². The van der Waals surface area contributed by atoms with Crippen LogP contribution in [0.3, 0.4) is 0 Å². The molecule has 106 valence electrons. The predicted octanol–water partition coefficient (Wildman–Crippen LogP) is 0.530. The van der Waals surface area contributed by atoms with Gasteiger partial charge in [-0.1, -0.05) is 6.07 Å². The molecule has 0 radical (unpaired) electrons. The lowest BCUT2D eigenvalue weighted by Gasteiger charge is -2.39. The first kappa shape index (κ1) is 14.4. The lowest BCUT2D eigenvalue weighted by molar-refractivity contribution is 0.101. The number of nitrogens with one attached hydrogen (secondary N) is 1. The molecule has 5 heteroatoms. The SMILES string of the molecule is Cc1ccc(C(CC2CN(C)CCN2C)NN)cn1. The van der Waals surface area contributed by atoms with Gasteiger partial charge in [-0.05, 0) is 39.1 Å². The van der Waals surface area contributed by atoms with Gasteiger partial charge in [0.05, 0.1) is 0 Å². The Bertz CT molecular complexity index is 391. The summed E-state index contributed by atoms with van der Waals surface area (Å²) in [6.45, 7) is 5.34. The molecule has 3 N–H and O–H groups in total. The summed E-state index contributed by atoms with van der Waals surface area (Å²) in [6, 6.07) is 4.84. The summed E-state index contributed by atoms with van der Waals surface area (Å²) in [6.07, 6.45) is 2.93. The summed E-state index contributed by atoms with van der Waals surface area (Å²) in [7, 11) is 4.37. The normalized spacial score (nSPS) is 23.5. The van der Waals surface area contributed by atoms with Gasteiger partial charge >= 0.3 is 0 Å². The molecule has 1 aliphatic heterocycles. The average Bonchev–Trinajstić information content (AvgIpc) is 2.41. The summed E-state index contributed by atoms with van der Waals surface area (Å²) < 4.78 is 0. The zero-order valence-electron chi connectivity index (χ0n) is 12.1. The third-order valence-corrected chi connectivity index (χ3v) is 4.03. The Balaban J connectivity index is 2.03. The first-order valence-electron chi connectivity index (χ1n) is 6.87. The van der Waals surface area contributed by atoms with E-state index in [1.807, 2.05) is 19.2 Å². The van der Waals surface area contributed by atoms with E-state index >= 15 is 0 Å². The van der Waals surface area contributed by atoms with Crippen molar-refractivity contribution in [1.29, 1.82) is 0 Å². The van der Waals surface area contributed by atoms with Crippen molar-refractivity contribution in [3.8, 4) is 0 Å². The van der Waals surface area contributed by atoms with Gasteiger partial charge in [0.25, 0.3) is 0 Å². The molecule has 1 saturated heterocycles. The maximum Gasteiger partial charge on any atom is 0.0490 e. The highest BCUT2D eigenvalue weighted by Crippen LogP contribution is 2.21. The van der Waals surface area contributed by atoms with E-state index < -0.39 is 0 Å². The first-order valence-corrected chi connectivity index (χ1v) is 6.87. The van der Waals surface area contributed by atoms with Crippen LogP contribution in [0.1, 0.15) is 23.7 Å². The van der Waals surface area contributed by atoms with Crippen LogP contribution >= 0.6 is 0 Å². The van der Waals surface area contributed by atoms with Crippen LogP contribution in [0.4, 0.5) is 0 Å². The van der Waals surface area contributed by atoms with Gasteiger partial charge in [0, 0.05) is 43.6 Å². The van der Waals surface area contributed by atoms with Gasteiger partial charge in [0.2, 0.25) is 0 Å². The fourth-order valence-corrected chi connectivity index (χ4v) is 2.61. The van der Waals surface area contributed by atoms with Crippen molar-refractivity contribution in [3.05, 3.63) is 29.6 Å². The molecular formula is C14H25N5. The first-order chi connectivity index (χ1) is 9.10. The number of hydrazine groups is 1. The standard InChI is InChI=1S/C14H25N5/c1-11-4-5-12(9-16-11)14(17-15)8-13-10-18(2)6-7-19(13)3/h4-5,9,13-14,17H,6-8,10,15H2,1-3H3. The quantitative estimate of drug-likeness (QED) is 0.613. The Hall–Kier alpha value is -1.01. The van der Waals surface area contributed by atoms with E-state index in [0.29, 0.717) is 6.04 Å². The molecule has 0 aliphatic carbocycles. The Morgan fingerprint density at radius 1 is 1.42 bits per heavy atom. The van der Waals surface area contributed by atoms with E-state index in [-0.39, 0.29) is 6.04 Å². The summed E-state index contributed by atoms with van der Waals surface area (Å²) in [4.78, 5) is 9.16. The molecule has 2 heterocycles. The summed E-state index contributed by atoms with van der Waals surface area (Å²) in [5.74, 6) is 5.73. The van der Waals surface area contributed by atoms with Gasteiger partial charge in [-0.25, -0.2) is 0 Å². The Labute approximate surface area is 115 Å². The molecule has 19 heavy (non-hydrogen) atoms. The molecule has 0 spiro atoms. The van der Waals surface area contributed by atoms with Crippen LogP contribution in [-0.2, 0) is 0 Å². The molecule has 0 amide bonds. The van der Waals surface area contributed by atoms with Crippen molar-refractivity contribution in [2.24, 2.45) is 5.84 Å². The number of aromatic nitrogens is 1. The third-order valence-electron chi connectivity index (χ3n) is 4.03. The van der Waals surface area contributed by atoms with Crippen LogP contribution in [0, 0.1) is 6.92 Å². The molecule has 0 bridgehead atoms. The molecule has 1 aromatic heterocycles. The minimum absolute atomic E-state index is 0.159. The Morgan fingerprint density at radius 2 is 2.21 bits per heavy atom. The molecule has 1 aromatic rings. The van der Waals surface area contributed by atoms with Crippen LogP contribution < -0.4 is 11.3 Å². The van der Waals surface area contributed by atoms with E-state index in [0.717, 1.165) is 37.3 Å². The number of rotatable bonds is 4. The highest BCUT2D eigenvalue weighted by Gasteiger charge is 2.25. The minimum Gasteiger partial charge on any atom is -0.304 e. The second kappa shape index (κ2) is 6.43. The van der Waals surface area contributed by atoms with Crippen LogP contribution in [0.15, 0.2) is 18.3 Å². The second-order valence-electron chi connectivity index (χ2n) is 5.58. The summed E-state index contributed by atoms with van der Waals surface area (Å²) in [5, 5.41) is 0. The van der Waals surface area contributed by atoms with Gasteiger partial charge in [0.1, 0.15) is 0 Å². The number of likely N-dealkylation sites (N-methyl/N-ethyl adjacent to an activating group) is 2. The van der Waals surface area contributed by atoms with Crippen LogP contribution in [0.5, 0.6) is 0 Å². The zero-order chi connectivity index (χ0) is 13.8. The number of aryl methyl sites for hydroxylation is 1. The number of hydrogen-bond acceptors (Lipinski definition) is 5. The van der Waals surface area contributed by atoms with Crippen molar-refractivity contribution >= 4 is 0 Å². The van der Waals surface area contributed by atoms with E-state index in [1.54, 1.807) is 0 Å². The van der Waals surface area contributed by atoms with Crippen LogP contribution in [0.2, 0.25) is 0 Å². The van der Waals surface area contributed by atoms with Crippen molar-refractivity contribution in [2.45, 2.75) is 25.4 Å². The van der Waals surface area contributed by atoms with Crippen molar-refractivity contribution in [2.75, 3.05) is 33.7 Å². The monoisotopic (exact) mass is 263 g/mol. The van der Waals surface area contributed by atoms with E-state index in [9.17, 15) is 0 Å². The molecule has 0 saturated carbocycles. The van der Waals surface area contributed by atoms with Gasteiger partial charge in [-0.15, -0.1) is 0 Å². The largest absolute Gasteiger partial charge is 0.304 e. The molecule has 1 fully saturated rings. The fourth-order valence-electron chi connectivity index (χ4n) is 2.61. The molecule has 2 rings (SSSR count). The van der Waals surface area contributed by atoms with Gasteiger partial charge < -0.3 is 9.80 Å². The van der Waals surface area contributed by atoms with Crippen molar-refractivity contribution in [3.63, 3.8) is 0 Å². The molecule has 2 unspecified atom stereocenters. The number of piperazine rings is 1. The Kier molecular flexibility index (Phi) is 4.87. The van der Waals surface area contributed by atoms with E-state index in [4.69, 9.17) is 5.84 Å². The van der Waals surface area contributed by atoms with Crippen molar-refractivity contribution < 1.29 is 0 Å². The maximum atomic E-state index is 5.73. The number of pyridine rings is 1. The summed E-state index contributed by atoms with van der Waals surface area (Å²) in [5.41, 5.74) is 5.13. The maximum absolute atomic E-state index is 5.73. The molecule has 1 aliphatic rings. The lowest BCUT2D eigenvalue weighted by atomic mass is 9.98. The molecule has 5 nitrogen and oxygen atoms in total. The lowest BCUT2D eigenvalue weighted by Crippen LogP contribution is -2.51. The highest BCUT2D eigenvalue weighted by molar-refractivity contribution is 5.17. The third kappa shape index (κ3) is 3.73. The number of hydrogen-bond donors (Lipinski definition) is 2. The van der Waals surface area contributed by atoms with Gasteiger partial charge in [-0.3, -0.25) is 16.3 Å². The zero-order valence-corrected chi connectivity index (χ0v) is 12.1. The van der Waals surface area contributed by atoms with Crippen LogP contribution in [0.25, 0.3) is 0 Å². The predicted molar refractivity (Wildman–Crippen MR) is 77.6 cm³/mol.